The van der Waals surface area contributed by atoms with E-state index in [2.05, 4.69) is 15.6 Å². The largest absolute Gasteiger partial charge is 0.387 e. The average molecular weight is 504 g/mol. The summed E-state index contributed by atoms with van der Waals surface area (Å²) < 4.78 is 1.10. The quantitative estimate of drug-likeness (QED) is 0.275. The zero-order chi connectivity index (χ0) is 21.5. The number of hydrogen-bond donors (Lipinski definition) is 3. The molecular weight excluding hydrogens is 477 g/mol. The van der Waals surface area contributed by atoms with Crippen molar-refractivity contribution in [3.63, 3.8) is 0 Å². The van der Waals surface area contributed by atoms with E-state index in [4.69, 9.17) is 0 Å². The summed E-state index contributed by atoms with van der Waals surface area (Å²) >= 11 is 1.55. The smallest absolute Gasteiger partial charge is 0.231 e. The molecule has 3 aromatic carbocycles. The van der Waals surface area contributed by atoms with E-state index < -0.39 is 6.10 Å². The number of carbonyl (C=O) groups is 1. The lowest BCUT2D eigenvalue weighted by molar-refractivity contribution is -0.115. The van der Waals surface area contributed by atoms with Crippen LogP contribution in [0.5, 0.6) is 0 Å². The second kappa shape index (κ2) is 13.3. The van der Waals surface area contributed by atoms with Crippen molar-refractivity contribution in [2.24, 2.45) is 0 Å². The van der Waals surface area contributed by atoms with Crippen LogP contribution in [0.2, 0.25) is 0 Å². The van der Waals surface area contributed by atoms with E-state index in [1.165, 1.54) is 5.56 Å². The van der Waals surface area contributed by atoms with Gasteiger partial charge < -0.3 is 15.7 Å². The minimum Gasteiger partial charge on any atom is -0.387 e. The number of fused-ring (bicyclic) bond motifs is 1. The predicted molar refractivity (Wildman–Crippen MR) is 141 cm³/mol. The van der Waals surface area contributed by atoms with Crippen LogP contribution in [0.4, 0.5) is 5.69 Å². The Kier molecular flexibility index (Phi) is 10.8. The lowest BCUT2D eigenvalue weighted by Gasteiger charge is -2.12. The highest BCUT2D eigenvalue weighted by Crippen LogP contribution is 2.22. The summed E-state index contributed by atoms with van der Waals surface area (Å²) in [6.45, 7) is 1.29. The summed E-state index contributed by atoms with van der Waals surface area (Å²) in [5.41, 5.74) is 3.80. The molecule has 0 aliphatic rings. The van der Waals surface area contributed by atoms with E-state index >= 15 is 0 Å². The first kappa shape index (κ1) is 26.8. The van der Waals surface area contributed by atoms with E-state index in [1.807, 2.05) is 78.9 Å². The van der Waals surface area contributed by atoms with Crippen molar-refractivity contribution in [3.8, 4) is 0 Å². The van der Waals surface area contributed by atoms with Crippen LogP contribution < -0.4 is 10.6 Å². The van der Waals surface area contributed by atoms with Crippen molar-refractivity contribution >= 4 is 58.0 Å². The zero-order valence-corrected chi connectivity index (χ0v) is 20.4. The number of aliphatic hydroxyl groups excluding tert-OH is 1. The maximum Gasteiger partial charge on any atom is 0.231 e. The molecule has 4 rings (SSSR count). The number of para-hydroxylation sites is 1. The summed E-state index contributed by atoms with van der Waals surface area (Å²) in [5.74, 6) is -0.0663. The Labute approximate surface area is 210 Å². The van der Waals surface area contributed by atoms with Crippen LogP contribution in [-0.4, -0.2) is 29.1 Å². The summed E-state index contributed by atoms with van der Waals surface area (Å²) in [6.07, 6.45) is 0.616. The molecule has 1 atom stereocenters. The number of carbonyl (C=O) groups excluding carboxylic acids is 1. The van der Waals surface area contributed by atoms with Gasteiger partial charge in [-0.25, -0.2) is 4.98 Å². The monoisotopic (exact) mass is 503 g/mol. The maximum absolute atomic E-state index is 12.4. The first-order valence-electron chi connectivity index (χ1n) is 10.3. The summed E-state index contributed by atoms with van der Waals surface area (Å²) in [4.78, 5) is 16.9. The number of nitrogens with zero attached hydrogens (tertiary/aromatic N) is 1. The van der Waals surface area contributed by atoms with Crippen LogP contribution in [0.25, 0.3) is 10.2 Å². The van der Waals surface area contributed by atoms with E-state index in [0.717, 1.165) is 39.4 Å². The Morgan fingerprint density at radius 3 is 2.36 bits per heavy atom. The van der Waals surface area contributed by atoms with Crippen molar-refractivity contribution in [1.82, 2.24) is 10.3 Å². The molecule has 4 aromatic rings. The van der Waals surface area contributed by atoms with Crippen LogP contribution in [0.1, 0.15) is 22.2 Å². The van der Waals surface area contributed by atoms with Gasteiger partial charge >= 0.3 is 0 Å². The lowest BCUT2D eigenvalue weighted by Crippen LogP contribution is -2.23. The molecule has 0 aliphatic heterocycles. The van der Waals surface area contributed by atoms with Gasteiger partial charge in [0, 0.05) is 12.2 Å². The number of halogens is 2. The predicted octanol–water partition coefficient (Wildman–Crippen LogP) is 5.19. The zero-order valence-electron chi connectivity index (χ0n) is 17.9. The maximum atomic E-state index is 12.4. The Morgan fingerprint density at radius 2 is 1.64 bits per heavy atom. The van der Waals surface area contributed by atoms with Crippen LogP contribution >= 0.6 is 36.2 Å². The van der Waals surface area contributed by atoms with Gasteiger partial charge in [0.15, 0.2) is 0 Å². The van der Waals surface area contributed by atoms with Gasteiger partial charge in [0.2, 0.25) is 5.91 Å². The molecule has 0 spiro atoms. The third-order valence-electron chi connectivity index (χ3n) is 5.00. The van der Waals surface area contributed by atoms with E-state index in [9.17, 15) is 9.90 Å². The van der Waals surface area contributed by atoms with Gasteiger partial charge in [-0.05, 0) is 48.4 Å². The van der Waals surface area contributed by atoms with Gasteiger partial charge in [-0.15, -0.1) is 36.2 Å². The summed E-state index contributed by atoms with van der Waals surface area (Å²) in [6, 6.07) is 25.4. The normalized spacial score (nSPS) is 11.3. The summed E-state index contributed by atoms with van der Waals surface area (Å²) in [7, 11) is 0. The average Bonchev–Trinajstić information content (AvgIpc) is 3.20. The van der Waals surface area contributed by atoms with Crippen molar-refractivity contribution < 1.29 is 9.90 Å². The number of hydrogen-bond acceptors (Lipinski definition) is 5. The molecule has 1 heterocycles. The van der Waals surface area contributed by atoms with Crippen LogP contribution in [0.3, 0.4) is 0 Å². The Balaban J connectivity index is 0.00000193. The number of aliphatic hydroxyl groups is 1. The van der Waals surface area contributed by atoms with Crippen LogP contribution in [0, 0.1) is 0 Å². The molecule has 0 unspecified atom stereocenters. The van der Waals surface area contributed by atoms with Crippen molar-refractivity contribution in [3.05, 3.63) is 95.0 Å². The number of thiazole rings is 1. The van der Waals surface area contributed by atoms with Crippen molar-refractivity contribution in [2.75, 3.05) is 18.4 Å². The molecule has 5 nitrogen and oxygen atoms in total. The Hall–Kier alpha value is -2.48. The Bertz CT molecular complexity index is 1100. The Morgan fingerprint density at radius 1 is 0.939 bits per heavy atom. The number of aromatic nitrogens is 1. The second-order valence-electron chi connectivity index (χ2n) is 7.38. The standard InChI is InChI=1S/C25H25N3O2S.2ClH/c29-22(19-6-2-1-3-7-19)17-26-15-14-18-10-12-20(13-11-18)27-24(30)16-25-28-21-8-4-5-9-23(21)31-25;;/h1-13,22,26,29H,14-17H2,(H,27,30);2*1H/t22-;;/m0../s1. The first-order valence-corrected chi connectivity index (χ1v) is 11.2. The van der Waals surface area contributed by atoms with E-state index in [0.29, 0.717) is 6.54 Å². The molecule has 8 heteroatoms. The molecule has 0 saturated heterocycles. The third-order valence-corrected chi connectivity index (χ3v) is 6.04. The van der Waals surface area contributed by atoms with Gasteiger partial charge in [0.25, 0.3) is 0 Å². The van der Waals surface area contributed by atoms with Crippen LogP contribution in [0.15, 0.2) is 78.9 Å². The topological polar surface area (TPSA) is 74.2 Å². The fourth-order valence-electron chi connectivity index (χ4n) is 3.36. The molecule has 1 amide bonds. The molecular formula is C25H27Cl2N3O2S. The lowest BCUT2D eigenvalue weighted by atomic mass is 10.1. The number of amides is 1. The van der Waals surface area contributed by atoms with Gasteiger partial charge in [-0.1, -0.05) is 54.6 Å². The number of rotatable bonds is 9. The molecule has 33 heavy (non-hydrogen) atoms. The van der Waals surface area contributed by atoms with E-state index in [-0.39, 0.29) is 37.1 Å². The van der Waals surface area contributed by atoms with Gasteiger partial charge in [0.05, 0.1) is 22.7 Å². The van der Waals surface area contributed by atoms with Crippen molar-refractivity contribution in [1.29, 1.82) is 0 Å². The number of anilines is 1. The van der Waals surface area contributed by atoms with Gasteiger partial charge in [-0.2, -0.15) is 0 Å². The van der Waals surface area contributed by atoms with Gasteiger partial charge in [-0.3, -0.25) is 4.79 Å². The highest BCUT2D eigenvalue weighted by Gasteiger charge is 2.09. The first-order chi connectivity index (χ1) is 15.2. The highest BCUT2D eigenvalue weighted by atomic mass is 35.5. The molecule has 0 saturated carbocycles. The second-order valence-corrected chi connectivity index (χ2v) is 8.49. The third kappa shape index (κ3) is 7.81. The van der Waals surface area contributed by atoms with Gasteiger partial charge in [0.1, 0.15) is 5.01 Å². The highest BCUT2D eigenvalue weighted by molar-refractivity contribution is 7.18. The molecule has 1 aromatic heterocycles. The molecule has 3 N–H and O–H groups in total. The van der Waals surface area contributed by atoms with Crippen LogP contribution in [-0.2, 0) is 17.6 Å². The molecule has 174 valence electrons. The summed E-state index contributed by atoms with van der Waals surface area (Å²) in [5, 5.41) is 17.2. The minimum absolute atomic E-state index is 0. The van der Waals surface area contributed by atoms with E-state index in [1.54, 1.807) is 11.3 Å². The fourth-order valence-corrected chi connectivity index (χ4v) is 4.32. The number of nitrogens with one attached hydrogen (secondary N) is 2. The molecule has 0 fully saturated rings. The van der Waals surface area contributed by atoms with Crippen molar-refractivity contribution in [2.45, 2.75) is 18.9 Å². The number of benzene rings is 3. The minimum atomic E-state index is -0.505. The SMILES string of the molecule is Cl.Cl.O=C(Cc1nc2ccccc2s1)Nc1ccc(CCNC[C@H](O)c2ccccc2)cc1. The fraction of sp³-hybridized carbons (Fsp3) is 0.200. The molecule has 0 aliphatic carbocycles. The molecule has 0 radical (unpaired) electrons. The molecule has 0 bridgehead atoms.